The van der Waals surface area contributed by atoms with E-state index < -0.39 is 11.9 Å². The highest BCUT2D eigenvalue weighted by Gasteiger charge is 2.26. The molecule has 2 aromatic rings. The van der Waals surface area contributed by atoms with Gasteiger partial charge in [0.2, 0.25) is 0 Å². The first-order valence-corrected chi connectivity index (χ1v) is 13.6. The molecule has 0 aliphatic heterocycles. The van der Waals surface area contributed by atoms with Crippen LogP contribution in [-0.2, 0) is 12.8 Å². The third kappa shape index (κ3) is 8.14. The lowest BCUT2D eigenvalue weighted by molar-refractivity contribution is 0.0652. The number of rotatable bonds is 18. The van der Waals surface area contributed by atoms with Gasteiger partial charge in [0.05, 0.1) is 11.1 Å². The van der Waals surface area contributed by atoms with E-state index in [1.807, 2.05) is 12.1 Å². The minimum atomic E-state index is -1.16. The summed E-state index contributed by atoms with van der Waals surface area (Å²) in [5, 5.41) is 21.5. The number of hydrogen-bond donors (Lipinski definition) is 2. The van der Waals surface area contributed by atoms with Gasteiger partial charge in [0.25, 0.3) is 0 Å². The fourth-order valence-electron chi connectivity index (χ4n) is 5.10. The van der Waals surface area contributed by atoms with E-state index in [1.54, 1.807) is 12.1 Å². The molecule has 0 unspecified atom stereocenters. The largest absolute Gasteiger partial charge is 0.478 e. The van der Waals surface area contributed by atoms with E-state index in [2.05, 4.69) is 13.8 Å². The molecule has 0 spiro atoms. The molecule has 0 aromatic heterocycles. The Labute approximate surface area is 205 Å². The summed E-state index contributed by atoms with van der Waals surface area (Å²) in [6.45, 7) is 4.43. The number of unbranched alkanes of at least 4 members (excludes halogenated alkanes) is 12. The van der Waals surface area contributed by atoms with Crippen LogP contribution in [0.3, 0.4) is 0 Å². The Morgan fingerprint density at radius 3 is 1.44 bits per heavy atom. The molecule has 0 aliphatic rings. The summed E-state index contributed by atoms with van der Waals surface area (Å²) in [6.07, 6.45) is 17.8. The molecule has 0 aliphatic carbocycles. The van der Waals surface area contributed by atoms with E-state index in [-0.39, 0.29) is 11.1 Å². The van der Waals surface area contributed by atoms with Crippen LogP contribution in [0.4, 0.5) is 0 Å². The van der Waals surface area contributed by atoms with Crippen molar-refractivity contribution in [2.45, 2.75) is 117 Å². The normalized spacial score (nSPS) is 11.2. The molecule has 0 fully saturated rings. The van der Waals surface area contributed by atoms with Gasteiger partial charge in [0.15, 0.2) is 0 Å². The monoisotopic (exact) mass is 468 g/mol. The molecule has 0 amide bonds. The first-order valence-electron chi connectivity index (χ1n) is 13.6. The maximum Gasteiger partial charge on any atom is 0.337 e. The minimum absolute atomic E-state index is 0.00938. The second-order valence-corrected chi connectivity index (χ2v) is 9.61. The lowest BCUT2D eigenvalue weighted by Crippen LogP contribution is -2.15. The summed E-state index contributed by atoms with van der Waals surface area (Å²) in [5.74, 6) is -2.28. The van der Waals surface area contributed by atoms with Gasteiger partial charge >= 0.3 is 11.9 Å². The zero-order valence-electron chi connectivity index (χ0n) is 21.3. The highest BCUT2D eigenvalue weighted by Crippen LogP contribution is 2.34. The molecule has 0 radical (unpaired) electrons. The quantitative estimate of drug-likeness (QED) is 0.214. The molecule has 4 heteroatoms. The van der Waals surface area contributed by atoms with Crippen molar-refractivity contribution in [1.29, 1.82) is 0 Å². The summed E-state index contributed by atoms with van der Waals surface area (Å²) >= 11 is 0. The Bertz CT molecular complexity index is 916. The average molecular weight is 469 g/mol. The number of carboxylic acids is 2. The van der Waals surface area contributed by atoms with Crippen molar-refractivity contribution in [2.75, 3.05) is 0 Å². The van der Waals surface area contributed by atoms with Gasteiger partial charge in [-0.3, -0.25) is 0 Å². The number of hydrogen-bond acceptors (Lipinski definition) is 2. The van der Waals surface area contributed by atoms with Gasteiger partial charge in [-0.05, 0) is 47.6 Å². The van der Waals surface area contributed by atoms with E-state index in [9.17, 15) is 19.8 Å². The predicted molar refractivity (Wildman–Crippen MR) is 141 cm³/mol. The molecule has 2 rings (SSSR count). The van der Waals surface area contributed by atoms with Gasteiger partial charge in [-0.2, -0.15) is 0 Å². The number of aromatic carboxylic acids is 2. The first kappa shape index (κ1) is 27.9. The fraction of sp³-hybridized carbons (Fsp3) is 0.600. The van der Waals surface area contributed by atoms with Crippen LogP contribution in [-0.4, -0.2) is 22.2 Å². The van der Waals surface area contributed by atoms with E-state index >= 15 is 0 Å². The summed E-state index contributed by atoms with van der Waals surface area (Å²) < 4.78 is 0. The number of benzene rings is 2. The Hall–Kier alpha value is -2.36. The Balaban J connectivity index is 2.30. The van der Waals surface area contributed by atoms with Crippen LogP contribution < -0.4 is 0 Å². The van der Waals surface area contributed by atoms with E-state index in [4.69, 9.17) is 0 Å². The van der Waals surface area contributed by atoms with E-state index in [1.165, 1.54) is 57.8 Å². The zero-order chi connectivity index (χ0) is 24.8. The second kappa shape index (κ2) is 15.5. The van der Waals surface area contributed by atoms with Crippen molar-refractivity contribution in [2.24, 2.45) is 0 Å². The van der Waals surface area contributed by atoms with E-state index in [0.717, 1.165) is 55.0 Å². The number of carboxylic acid groups (broad SMARTS) is 2. The molecule has 0 saturated carbocycles. The Kier molecular flexibility index (Phi) is 12.7. The molecule has 0 saturated heterocycles. The highest BCUT2D eigenvalue weighted by molar-refractivity contribution is 6.13. The van der Waals surface area contributed by atoms with Crippen molar-refractivity contribution in [3.8, 4) is 0 Å². The molecular formula is C30H44O4. The smallest absolute Gasteiger partial charge is 0.337 e. The molecule has 0 atom stereocenters. The molecule has 4 nitrogen and oxygen atoms in total. The molecule has 34 heavy (non-hydrogen) atoms. The summed E-state index contributed by atoms with van der Waals surface area (Å²) in [5.41, 5.74) is 1.76. The van der Waals surface area contributed by atoms with Gasteiger partial charge in [0, 0.05) is 0 Å². The third-order valence-corrected chi connectivity index (χ3v) is 6.93. The summed E-state index contributed by atoms with van der Waals surface area (Å²) in [7, 11) is 0. The maximum atomic E-state index is 12.4. The first-order chi connectivity index (χ1) is 16.5. The molecule has 188 valence electrons. The predicted octanol–water partition coefficient (Wildman–Crippen LogP) is 8.82. The van der Waals surface area contributed by atoms with Gasteiger partial charge in [0.1, 0.15) is 0 Å². The molecule has 2 N–H and O–H groups in total. The second-order valence-electron chi connectivity index (χ2n) is 9.61. The van der Waals surface area contributed by atoms with E-state index in [0.29, 0.717) is 11.8 Å². The van der Waals surface area contributed by atoms with Crippen LogP contribution in [0, 0.1) is 0 Å². The van der Waals surface area contributed by atoms with Crippen molar-refractivity contribution in [3.63, 3.8) is 0 Å². The lowest BCUT2D eigenvalue weighted by atomic mass is 9.84. The molecule has 2 aromatic carbocycles. The highest BCUT2D eigenvalue weighted by atomic mass is 16.4. The Morgan fingerprint density at radius 2 is 0.971 bits per heavy atom. The average Bonchev–Trinajstić information content (AvgIpc) is 2.82. The molecule has 0 bridgehead atoms. The Morgan fingerprint density at radius 1 is 0.559 bits per heavy atom. The van der Waals surface area contributed by atoms with Crippen molar-refractivity contribution >= 4 is 22.7 Å². The van der Waals surface area contributed by atoms with Crippen LogP contribution >= 0.6 is 0 Å². The van der Waals surface area contributed by atoms with Gasteiger partial charge < -0.3 is 10.2 Å². The summed E-state index contributed by atoms with van der Waals surface area (Å²) in [6, 6.07) is 7.46. The minimum Gasteiger partial charge on any atom is -0.478 e. The number of aryl methyl sites for hydroxylation is 1. The number of carbonyl (C=O) groups is 2. The maximum absolute atomic E-state index is 12.4. The summed E-state index contributed by atoms with van der Waals surface area (Å²) in [4.78, 5) is 24.6. The van der Waals surface area contributed by atoms with Gasteiger partial charge in [-0.1, -0.05) is 115 Å². The number of fused-ring (bicyclic) bond motifs is 1. The lowest BCUT2D eigenvalue weighted by Gasteiger charge is -2.19. The topological polar surface area (TPSA) is 74.6 Å². The van der Waals surface area contributed by atoms with Crippen molar-refractivity contribution in [1.82, 2.24) is 0 Å². The standard InChI is InChI=1S/C30H44O4/c1-3-5-7-9-11-13-15-19-23-24-20-17-18-22-26(24)28(30(33)34)27(29(31)32)25(23)21-16-14-12-10-8-6-4-2/h17-18,20,22H,3-16,19,21H2,1-2H3,(H,31,32)(H,33,34). The van der Waals surface area contributed by atoms with Crippen LogP contribution in [0.2, 0.25) is 0 Å². The van der Waals surface area contributed by atoms with Crippen LogP contribution in [0.5, 0.6) is 0 Å². The van der Waals surface area contributed by atoms with Crippen molar-refractivity contribution in [3.05, 3.63) is 46.5 Å². The fourth-order valence-corrected chi connectivity index (χ4v) is 5.10. The van der Waals surface area contributed by atoms with Crippen LogP contribution in [0.15, 0.2) is 24.3 Å². The third-order valence-electron chi connectivity index (χ3n) is 6.93. The van der Waals surface area contributed by atoms with Gasteiger partial charge in [-0.15, -0.1) is 0 Å². The molecular weight excluding hydrogens is 424 g/mol. The van der Waals surface area contributed by atoms with Crippen LogP contribution in [0.1, 0.15) is 136 Å². The van der Waals surface area contributed by atoms with Gasteiger partial charge in [-0.25, -0.2) is 9.59 Å². The molecule has 0 heterocycles. The SMILES string of the molecule is CCCCCCCCCc1c(C(=O)O)c(C(=O)O)c2ccccc2c1CCCCCCCCC. The van der Waals surface area contributed by atoms with Crippen molar-refractivity contribution < 1.29 is 19.8 Å². The zero-order valence-corrected chi connectivity index (χ0v) is 21.3. The van der Waals surface area contributed by atoms with Crippen LogP contribution in [0.25, 0.3) is 10.8 Å².